The summed E-state index contributed by atoms with van der Waals surface area (Å²) in [5, 5.41) is 15.4. The van der Waals surface area contributed by atoms with E-state index in [9.17, 15) is 9.90 Å². The second-order valence-corrected chi connectivity index (χ2v) is 9.71. The maximum absolute atomic E-state index is 13.4. The maximum atomic E-state index is 13.4. The number of fused-ring (bicyclic) bond motifs is 2. The Balaban J connectivity index is 0.00000304. The van der Waals surface area contributed by atoms with E-state index in [0.717, 1.165) is 33.3 Å². The number of nitrogens with one attached hydrogen (secondary N) is 2. The molecule has 0 saturated carbocycles. The van der Waals surface area contributed by atoms with Crippen LogP contribution in [0.5, 0.6) is 5.75 Å². The number of aromatic nitrogens is 1. The lowest BCUT2D eigenvalue weighted by atomic mass is 10.0. The van der Waals surface area contributed by atoms with Gasteiger partial charge >= 0.3 is 0 Å². The largest absolute Gasteiger partial charge is 0.493 e. The van der Waals surface area contributed by atoms with Gasteiger partial charge in [-0.05, 0) is 65.8 Å². The monoisotopic (exact) mass is 486 g/mol. The third-order valence-electron chi connectivity index (χ3n) is 6.09. The molecule has 2 aromatic heterocycles. The summed E-state index contributed by atoms with van der Waals surface area (Å²) >= 11 is 1.70. The zero-order chi connectivity index (χ0) is 24.2. The number of H-pyrrole nitrogens is 1. The zero-order valence-corrected chi connectivity index (χ0v) is 20.4. The number of para-hydroxylation sites is 1. The number of hydrogen-bond acceptors (Lipinski definition) is 4. The Bertz CT molecular complexity index is 1440. The minimum Gasteiger partial charge on any atom is -0.493 e. The molecule has 3 N–H and O–H groups in total. The molecular weight excluding hydrogens is 456 g/mol. The normalized spacial score (nSPS) is 12.2. The van der Waals surface area contributed by atoms with Gasteiger partial charge in [-0.25, -0.2) is 0 Å². The van der Waals surface area contributed by atoms with E-state index in [1.54, 1.807) is 11.3 Å². The molecule has 5 nitrogen and oxygen atoms in total. The highest BCUT2D eigenvalue weighted by atomic mass is 32.1. The van der Waals surface area contributed by atoms with Gasteiger partial charge in [0.2, 0.25) is 0 Å². The predicted octanol–water partition coefficient (Wildman–Crippen LogP) is 6.42. The van der Waals surface area contributed by atoms with Crippen LogP contribution in [0.4, 0.5) is 0 Å². The van der Waals surface area contributed by atoms with Crippen LogP contribution in [0.2, 0.25) is 0 Å². The summed E-state index contributed by atoms with van der Waals surface area (Å²) in [6.07, 6.45) is 3.31. The quantitative estimate of drug-likeness (QED) is 0.225. The van der Waals surface area contributed by atoms with Crippen molar-refractivity contribution in [2.75, 3.05) is 13.2 Å². The number of hydrogen-bond donors (Lipinski definition) is 3. The molecule has 3 aromatic carbocycles. The molecule has 6 heteroatoms. The molecule has 5 aromatic rings. The van der Waals surface area contributed by atoms with Crippen LogP contribution >= 0.6 is 11.3 Å². The van der Waals surface area contributed by atoms with Crippen molar-refractivity contribution in [3.63, 3.8) is 0 Å². The Kier molecular flexibility index (Phi) is 6.84. The molecular formula is C29H30N2O3S. The molecule has 1 amide bonds. The fraction of sp³-hybridized carbons (Fsp3) is 0.207. The van der Waals surface area contributed by atoms with Gasteiger partial charge in [-0.2, -0.15) is 0 Å². The van der Waals surface area contributed by atoms with E-state index in [2.05, 4.69) is 28.5 Å². The van der Waals surface area contributed by atoms with E-state index in [1.165, 1.54) is 10.1 Å². The van der Waals surface area contributed by atoms with Crippen LogP contribution in [0.3, 0.4) is 0 Å². The third-order valence-corrected chi connectivity index (χ3v) is 7.26. The Hall–Kier alpha value is -3.61. The van der Waals surface area contributed by atoms with Gasteiger partial charge in [0, 0.05) is 28.1 Å². The van der Waals surface area contributed by atoms with Gasteiger partial charge in [0.15, 0.2) is 0 Å². The topological polar surface area (TPSA) is 74.3 Å². The molecule has 0 aliphatic heterocycles. The molecule has 0 aliphatic rings. The summed E-state index contributed by atoms with van der Waals surface area (Å²) in [4.78, 5) is 17.8. The molecule has 180 valence electrons. The standard InChI is InChI=1S/C29H28N2O3S.H2/c1-2-13-34-26-12-11-20(28-16-19-7-3-6-10-27(19)35-28)15-24(26)29(33)31-22(18-32)14-21-17-30-25-9-5-4-8-23(21)25;/h3-12,15-17,22,30,32H,2,13-14,18H2,1H3,(H,31,33);1H/t22-;/m1./s1. The highest BCUT2D eigenvalue weighted by molar-refractivity contribution is 7.22. The SMILES string of the molecule is CCCOc1ccc(-c2cc3ccccc3s2)cc1C(=O)N[C@@H](CO)Cc1c[nH]c2ccccc12.[HH]. The Morgan fingerprint density at radius 1 is 1.11 bits per heavy atom. The second-order valence-electron chi connectivity index (χ2n) is 8.62. The van der Waals surface area contributed by atoms with Crippen molar-refractivity contribution in [2.45, 2.75) is 25.8 Å². The van der Waals surface area contributed by atoms with E-state index >= 15 is 0 Å². The van der Waals surface area contributed by atoms with Crippen molar-refractivity contribution in [1.82, 2.24) is 10.3 Å². The smallest absolute Gasteiger partial charge is 0.255 e. The lowest BCUT2D eigenvalue weighted by Crippen LogP contribution is -2.39. The van der Waals surface area contributed by atoms with Crippen molar-refractivity contribution in [1.29, 1.82) is 0 Å². The van der Waals surface area contributed by atoms with E-state index < -0.39 is 6.04 Å². The van der Waals surface area contributed by atoms with Crippen molar-refractivity contribution in [2.24, 2.45) is 0 Å². The van der Waals surface area contributed by atoms with Crippen molar-refractivity contribution < 1.29 is 16.1 Å². The van der Waals surface area contributed by atoms with E-state index in [0.29, 0.717) is 24.3 Å². The summed E-state index contributed by atoms with van der Waals surface area (Å²) < 4.78 is 7.12. The van der Waals surface area contributed by atoms with Crippen LogP contribution in [0.1, 0.15) is 30.7 Å². The van der Waals surface area contributed by atoms with Gasteiger partial charge in [0.25, 0.3) is 5.91 Å². The number of ether oxygens (including phenoxy) is 1. The summed E-state index contributed by atoms with van der Waals surface area (Å²) in [6, 6.07) is 23.8. The van der Waals surface area contributed by atoms with Gasteiger partial charge in [-0.15, -0.1) is 11.3 Å². The summed E-state index contributed by atoms with van der Waals surface area (Å²) in [7, 11) is 0. The number of benzene rings is 3. The van der Waals surface area contributed by atoms with Crippen LogP contribution in [-0.4, -0.2) is 35.3 Å². The van der Waals surface area contributed by atoms with Crippen LogP contribution < -0.4 is 10.1 Å². The number of carbonyl (C=O) groups excluding carboxylic acids is 1. The van der Waals surface area contributed by atoms with Crippen LogP contribution in [-0.2, 0) is 6.42 Å². The number of aromatic amines is 1. The molecule has 5 rings (SSSR count). The van der Waals surface area contributed by atoms with Gasteiger partial charge in [-0.1, -0.05) is 43.3 Å². The first-order valence-electron chi connectivity index (χ1n) is 11.9. The average Bonchev–Trinajstić information content (AvgIpc) is 3.51. The predicted molar refractivity (Wildman–Crippen MR) is 146 cm³/mol. The lowest BCUT2D eigenvalue weighted by Gasteiger charge is -2.18. The van der Waals surface area contributed by atoms with E-state index in [-0.39, 0.29) is 13.9 Å². The molecule has 0 unspecified atom stereocenters. The summed E-state index contributed by atoms with van der Waals surface area (Å²) in [5.74, 6) is 0.302. The number of rotatable bonds is 9. The second kappa shape index (κ2) is 10.3. The van der Waals surface area contributed by atoms with Gasteiger partial charge < -0.3 is 20.1 Å². The number of carbonyl (C=O) groups is 1. The number of thiophene rings is 1. The minimum absolute atomic E-state index is 0. The highest BCUT2D eigenvalue weighted by Crippen LogP contribution is 2.35. The minimum atomic E-state index is -0.422. The van der Waals surface area contributed by atoms with Gasteiger partial charge in [0.1, 0.15) is 5.75 Å². The van der Waals surface area contributed by atoms with E-state index in [4.69, 9.17) is 4.74 Å². The molecule has 0 saturated heterocycles. The van der Waals surface area contributed by atoms with Crippen LogP contribution in [0.15, 0.2) is 79.0 Å². The van der Waals surface area contributed by atoms with Crippen molar-refractivity contribution >= 4 is 38.2 Å². The van der Waals surface area contributed by atoms with Crippen LogP contribution in [0, 0.1) is 0 Å². The summed E-state index contributed by atoms with van der Waals surface area (Å²) in [5.41, 5.74) is 3.54. The van der Waals surface area contributed by atoms with Crippen LogP contribution in [0.25, 0.3) is 31.4 Å². The Morgan fingerprint density at radius 3 is 2.77 bits per heavy atom. The van der Waals surface area contributed by atoms with E-state index in [1.807, 2.05) is 67.7 Å². The maximum Gasteiger partial charge on any atom is 0.255 e. The van der Waals surface area contributed by atoms with Gasteiger partial charge in [0.05, 0.1) is 24.8 Å². The fourth-order valence-corrected chi connectivity index (χ4v) is 5.37. The zero-order valence-electron chi connectivity index (χ0n) is 19.6. The first-order valence-corrected chi connectivity index (χ1v) is 12.7. The number of aliphatic hydroxyl groups excluding tert-OH is 1. The molecule has 0 spiro atoms. The molecule has 2 heterocycles. The number of aliphatic hydroxyl groups is 1. The Labute approximate surface area is 209 Å². The average molecular weight is 487 g/mol. The third kappa shape index (κ3) is 4.94. The molecule has 0 radical (unpaired) electrons. The molecule has 35 heavy (non-hydrogen) atoms. The van der Waals surface area contributed by atoms with Gasteiger partial charge in [-0.3, -0.25) is 4.79 Å². The molecule has 1 atom stereocenters. The highest BCUT2D eigenvalue weighted by Gasteiger charge is 2.20. The number of amides is 1. The fourth-order valence-electron chi connectivity index (χ4n) is 4.31. The molecule has 0 fully saturated rings. The van der Waals surface area contributed by atoms with Crippen molar-refractivity contribution in [3.05, 3.63) is 90.1 Å². The lowest BCUT2D eigenvalue weighted by molar-refractivity contribution is 0.0912. The molecule has 0 bridgehead atoms. The first kappa shape index (κ1) is 23.1. The first-order chi connectivity index (χ1) is 17.2. The molecule has 0 aliphatic carbocycles. The summed E-state index contributed by atoms with van der Waals surface area (Å²) in [6.45, 7) is 2.40. The van der Waals surface area contributed by atoms with Crippen molar-refractivity contribution in [3.8, 4) is 16.2 Å². The Morgan fingerprint density at radius 2 is 1.94 bits per heavy atom.